The first kappa shape index (κ1) is 28.9. The number of ether oxygens (including phenoxy) is 4. The SMILES string of the molecule is OC[C@H]1OC(CO)(O[C@H]2O[C@H](CO)[C@](O)(C3(O)O[C@H](CO)[C@@H](O)[C@H](O)[C@H]3O)[C@H](O)[C@H]2O)[C@@H](O)[C@@H]1O. The van der Waals surface area contributed by atoms with Crippen LogP contribution in [0.15, 0.2) is 0 Å². The van der Waals surface area contributed by atoms with Crippen molar-refractivity contribution >= 4 is 0 Å². The molecule has 0 aromatic rings. The van der Waals surface area contributed by atoms with Crippen molar-refractivity contribution in [3.05, 3.63) is 0 Å². The minimum Gasteiger partial charge on any atom is -0.394 e. The lowest BCUT2D eigenvalue weighted by Gasteiger charge is -2.58. The van der Waals surface area contributed by atoms with Crippen LogP contribution in [-0.2, 0) is 18.9 Å². The molecular formula is C18H32O17. The van der Waals surface area contributed by atoms with Crippen molar-refractivity contribution in [1.29, 1.82) is 0 Å². The number of rotatable bonds is 7. The Morgan fingerprint density at radius 3 is 1.69 bits per heavy atom. The molecule has 3 aliphatic heterocycles. The van der Waals surface area contributed by atoms with Crippen LogP contribution in [0.1, 0.15) is 0 Å². The zero-order chi connectivity index (χ0) is 26.5. The van der Waals surface area contributed by atoms with Gasteiger partial charge in [-0.25, -0.2) is 0 Å². The molecule has 0 aromatic heterocycles. The zero-order valence-corrected chi connectivity index (χ0v) is 18.1. The summed E-state index contributed by atoms with van der Waals surface area (Å²) in [7, 11) is 0. The van der Waals surface area contributed by atoms with Gasteiger partial charge in [0, 0.05) is 0 Å². The number of hydrogen-bond acceptors (Lipinski definition) is 17. The summed E-state index contributed by atoms with van der Waals surface area (Å²) in [6.45, 7) is -4.30. The first-order valence-electron chi connectivity index (χ1n) is 10.6. The molecule has 3 aliphatic rings. The van der Waals surface area contributed by atoms with Crippen molar-refractivity contribution in [3.63, 3.8) is 0 Å². The highest BCUT2D eigenvalue weighted by Crippen LogP contribution is 2.46. The van der Waals surface area contributed by atoms with Crippen molar-refractivity contribution < 1.29 is 85.3 Å². The Bertz CT molecular complexity index is 723. The smallest absolute Gasteiger partial charge is 0.230 e. The van der Waals surface area contributed by atoms with Crippen LogP contribution in [0.3, 0.4) is 0 Å². The quantitative estimate of drug-likeness (QED) is 0.148. The first-order valence-corrected chi connectivity index (χ1v) is 10.6. The van der Waals surface area contributed by atoms with Crippen LogP contribution < -0.4 is 0 Å². The van der Waals surface area contributed by atoms with E-state index in [4.69, 9.17) is 18.9 Å². The van der Waals surface area contributed by atoms with E-state index in [0.717, 1.165) is 0 Å². The third-order valence-corrected chi connectivity index (χ3v) is 6.77. The summed E-state index contributed by atoms with van der Waals surface area (Å²) in [4.78, 5) is 0. The molecule has 13 N–H and O–H groups in total. The summed E-state index contributed by atoms with van der Waals surface area (Å²) in [6.07, 6.45) is -23.2. The molecule has 0 bridgehead atoms. The van der Waals surface area contributed by atoms with Crippen LogP contribution in [-0.4, -0.2) is 177 Å². The highest BCUT2D eigenvalue weighted by molar-refractivity contribution is 5.16. The van der Waals surface area contributed by atoms with Gasteiger partial charge < -0.3 is 85.3 Å². The van der Waals surface area contributed by atoms with E-state index >= 15 is 0 Å². The van der Waals surface area contributed by atoms with Crippen molar-refractivity contribution in [1.82, 2.24) is 0 Å². The average molecular weight is 520 g/mol. The predicted molar refractivity (Wildman–Crippen MR) is 103 cm³/mol. The first-order chi connectivity index (χ1) is 16.3. The zero-order valence-electron chi connectivity index (χ0n) is 18.1. The highest BCUT2D eigenvalue weighted by atomic mass is 16.8. The van der Waals surface area contributed by atoms with Crippen LogP contribution in [0, 0.1) is 0 Å². The fraction of sp³-hybridized carbons (Fsp3) is 1.00. The number of hydrogen-bond donors (Lipinski definition) is 13. The minimum absolute atomic E-state index is 0.818. The lowest BCUT2D eigenvalue weighted by atomic mass is 9.72. The molecule has 0 amide bonds. The lowest BCUT2D eigenvalue weighted by molar-refractivity contribution is -0.463. The molecular weight excluding hydrogens is 488 g/mol. The van der Waals surface area contributed by atoms with Crippen molar-refractivity contribution in [3.8, 4) is 0 Å². The van der Waals surface area contributed by atoms with E-state index in [2.05, 4.69) is 0 Å². The van der Waals surface area contributed by atoms with E-state index in [9.17, 15) is 66.4 Å². The molecule has 0 saturated carbocycles. The molecule has 3 fully saturated rings. The van der Waals surface area contributed by atoms with Gasteiger partial charge in [0.2, 0.25) is 11.6 Å². The lowest BCUT2D eigenvalue weighted by Crippen LogP contribution is -2.83. The van der Waals surface area contributed by atoms with E-state index < -0.39 is 111 Å². The summed E-state index contributed by atoms with van der Waals surface area (Å²) >= 11 is 0. The van der Waals surface area contributed by atoms with Gasteiger partial charge in [-0.3, -0.25) is 0 Å². The van der Waals surface area contributed by atoms with E-state index in [1.807, 2.05) is 0 Å². The van der Waals surface area contributed by atoms with E-state index in [1.165, 1.54) is 0 Å². The van der Waals surface area contributed by atoms with E-state index in [1.54, 1.807) is 0 Å². The molecule has 2 unspecified atom stereocenters. The summed E-state index contributed by atoms with van der Waals surface area (Å²) in [5.41, 5.74) is -3.36. The molecule has 35 heavy (non-hydrogen) atoms. The van der Waals surface area contributed by atoms with Crippen LogP contribution >= 0.6 is 0 Å². The molecule has 3 saturated heterocycles. The third-order valence-electron chi connectivity index (χ3n) is 6.77. The van der Waals surface area contributed by atoms with Gasteiger partial charge in [-0.1, -0.05) is 0 Å². The Morgan fingerprint density at radius 2 is 1.20 bits per heavy atom. The topological polar surface area (TPSA) is 300 Å². The molecule has 0 aliphatic carbocycles. The molecule has 0 aromatic carbocycles. The van der Waals surface area contributed by atoms with Gasteiger partial charge in [0.25, 0.3) is 0 Å². The van der Waals surface area contributed by atoms with Crippen LogP contribution in [0.2, 0.25) is 0 Å². The van der Waals surface area contributed by atoms with Gasteiger partial charge in [-0.15, -0.1) is 0 Å². The molecule has 0 spiro atoms. The Balaban J connectivity index is 1.94. The Labute approximate surface area is 197 Å². The highest BCUT2D eigenvalue weighted by Gasteiger charge is 2.73. The Kier molecular flexibility index (Phi) is 8.45. The largest absolute Gasteiger partial charge is 0.394 e. The number of aliphatic hydroxyl groups is 13. The molecule has 0 radical (unpaired) electrons. The molecule has 3 rings (SSSR count). The van der Waals surface area contributed by atoms with Gasteiger partial charge in [0.05, 0.1) is 19.8 Å². The fourth-order valence-corrected chi connectivity index (χ4v) is 4.62. The maximum absolute atomic E-state index is 11.3. The third kappa shape index (κ3) is 4.19. The summed E-state index contributed by atoms with van der Waals surface area (Å²) in [5.74, 6) is -5.98. The Hall–Kier alpha value is -0.680. The second-order valence-electron chi connectivity index (χ2n) is 8.76. The molecule has 206 valence electrons. The standard InChI is InChI=1S/C18H32O17/c19-1-5-8(23)10(25)14(29)18(31,34-5)17(30)7(3-21)32-15(11(26)13(17)28)35-16(4-22)12(27)9(24)6(2-20)33-16/h5-15,19-31H,1-4H2/t5-,6-,7-,8-,9-,10+,11-,12+,13-,14-,15-,16?,17-,18?/m1/s1. The second-order valence-corrected chi connectivity index (χ2v) is 8.76. The van der Waals surface area contributed by atoms with Crippen molar-refractivity contribution in [2.24, 2.45) is 0 Å². The Morgan fingerprint density at radius 1 is 0.629 bits per heavy atom. The van der Waals surface area contributed by atoms with Gasteiger partial charge in [0.1, 0.15) is 67.6 Å². The number of aliphatic hydroxyl groups excluding tert-OH is 11. The van der Waals surface area contributed by atoms with Crippen LogP contribution in [0.5, 0.6) is 0 Å². The van der Waals surface area contributed by atoms with Gasteiger partial charge >= 0.3 is 0 Å². The summed E-state index contributed by atoms with van der Waals surface area (Å²) in [6, 6.07) is 0. The van der Waals surface area contributed by atoms with E-state index in [0.29, 0.717) is 0 Å². The maximum Gasteiger partial charge on any atom is 0.230 e. The van der Waals surface area contributed by atoms with Crippen molar-refractivity contribution in [2.45, 2.75) is 84.5 Å². The molecule has 17 heteroatoms. The average Bonchev–Trinajstić information content (AvgIpc) is 3.10. The van der Waals surface area contributed by atoms with Gasteiger partial charge in [-0.2, -0.15) is 0 Å². The second kappa shape index (κ2) is 10.2. The summed E-state index contributed by atoms with van der Waals surface area (Å²) in [5, 5.41) is 133. The predicted octanol–water partition coefficient (Wildman–Crippen LogP) is -8.86. The summed E-state index contributed by atoms with van der Waals surface area (Å²) < 4.78 is 20.7. The molecule has 14 atom stereocenters. The van der Waals surface area contributed by atoms with Gasteiger partial charge in [0.15, 0.2) is 11.9 Å². The van der Waals surface area contributed by atoms with Crippen LogP contribution in [0.25, 0.3) is 0 Å². The molecule has 3 heterocycles. The minimum atomic E-state index is -3.46. The van der Waals surface area contributed by atoms with Crippen molar-refractivity contribution in [2.75, 3.05) is 26.4 Å². The van der Waals surface area contributed by atoms with E-state index in [-0.39, 0.29) is 0 Å². The fourth-order valence-electron chi connectivity index (χ4n) is 4.62. The van der Waals surface area contributed by atoms with Gasteiger partial charge in [-0.05, 0) is 0 Å². The monoisotopic (exact) mass is 520 g/mol. The van der Waals surface area contributed by atoms with Crippen LogP contribution in [0.4, 0.5) is 0 Å². The normalized spacial score (nSPS) is 55.3. The molecule has 17 nitrogen and oxygen atoms in total. The maximum atomic E-state index is 11.3.